The fourth-order valence-electron chi connectivity index (χ4n) is 5.73. The van der Waals surface area contributed by atoms with Crippen molar-refractivity contribution in [2.75, 3.05) is 36.0 Å². The van der Waals surface area contributed by atoms with Gasteiger partial charge >= 0.3 is 0 Å². The summed E-state index contributed by atoms with van der Waals surface area (Å²) in [6, 6.07) is 14.1. The predicted molar refractivity (Wildman–Crippen MR) is 163 cm³/mol. The fraction of sp³-hybridized carbons (Fsp3) is 0.455. The van der Waals surface area contributed by atoms with Crippen LogP contribution in [-0.2, 0) is 16.0 Å². The number of aryl methyl sites for hydroxylation is 1. The number of nitrogens with one attached hydrogen (secondary N) is 1. The van der Waals surface area contributed by atoms with Crippen LogP contribution in [0.15, 0.2) is 67.3 Å². The SMILES string of the molecule is CCN1C(=O)C(CC)(CC)C(=O)N(CC)c2cc(OCCCNC(CCc3cccnc3)c3ccncc3)ccc21. The summed E-state index contributed by atoms with van der Waals surface area (Å²) in [5.41, 5.74) is 2.89. The fourth-order valence-corrected chi connectivity index (χ4v) is 5.73. The standard InChI is InChI=1S/C33H43N5O3/c1-5-33(6-2)31(39)37(7-3)29-15-13-27(23-30(29)38(8-4)32(33)40)41-22-10-19-36-28(26-16-20-34-21-17-26)14-12-25-11-9-18-35-24-25/h9,11,13,15-18,20-21,23-24,28,36H,5-8,10,12,14,19,22H2,1-4H3. The van der Waals surface area contributed by atoms with Gasteiger partial charge in [-0.15, -0.1) is 0 Å². The minimum atomic E-state index is -1.04. The molecule has 0 spiro atoms. The molecule has 1 aromatic carbocycles. The Kier molecular flexibility index (Phi) is 10.5. The summed E-state index contributed by atoms with van der Waals surface area (Å²) >= 11 is 0. The highest BCUT2D eigenvalue weighted by Gasteiger charge is 2.50. The summed E-state index contributed by atoms with van der Waals surface area (Å²) in [7, 11) is 0. The third-order valence-corrected chi connectivity index (χ3v) is 8.21. The number of carbonyl (C=O) groups excluding carboxylic acids is 2. The zero-order chi connectivity index (χ0) is 29.2. The molecule has 3 heterocycles. The smallest absolute Gasteiger partial charge is 0.242 e. The molecule has 2 amide bonds. The van der Waals surface area contributed by atoms with Crippen LogP contribution in [0, 0.1) is 5.41 Å². The van der Waals surface area contributed by atoms with Gasteiger partial charge in [0, 0.05) is 50.0 Å². The molecular weight excluding hydrogens is 514 g/mol. The summed E-state index contributed by atoms with van der Waals surface area (Å²) in [5, 5.41) is 3.69. The molecule has 218 valence electrons. The third kappa shape index (κ3) is 6.59. The second-order valence-corrected chi connectivity index (χ2v) is 10.4. The van der Waals surface area contributed by atoms with Crippen molar-refractivity contribution in [1.82, 2.24) is 15.3 Å². The highest BCUT2D eigenvalue weighted by atomic mass is 16.5. The second-order valence-electron chi connectivity index (χ2n) is 10.4. The van der Waals surface area contributed by atoms with Gasteiger partial charge in [-0.3, -0.25) is 19.6 Å². The highest BCUT2D eigenvalue weighted by Crippen LogP contribution is 2.43. The van der Waals surface area contributed by atoms with Crippen LogP contribution in [0.1, 0.15) is 70.5 Å². The van der Waals surface area contributed by atoms with Crippen molar-refractivity contribution in [3.05, 3.63) is 78.4 Å². The van der Waals surface area contributed by atoms with Gasteiger partial charge in [-0.05, 0) is 94.0 Å². The first kappa shape index (κ1) is 30.2. The van der Waals surface area contributed by atoms with Crippen molar-refractivity contribution in [3.63, 3.8) is 0 Å². The molecule has 1 N–H and O–H groups in total. The van der Waals surface area contributed by atoms with E-state index in [-0.39, 0.29) is 17.9 Å². The zero-order valence-electron chi connectivity index (χ0n) is 24.8. The first-order chi connectivity index (χ1) is 20.0. The van der Waals surface area contributed by atoms with Crippen LogP contribution in [0.4, 0.5) is 11.4 Å². The Morgan fingerprint density at radius 2 is 1.59 bits per heavy atom. The number of hydrogen-bond donors (Lipinski definition) is 1. The maximum atomic E-state index is 13.8. The average Bonchev–Trinajstić information content (AvgIpc) is 3.08. The molecule has 0 saturated heterocycles. The average molecular weight is 558 g/mol. The van der Waals surface area contributed by atoms with Gasteiger partial charge in [0.25, 0.3) is 0 Å². The summed E-state index contributed by atoms with van der Waals surface area (Å²) in [6.07, 6.45) is 11.0. The van der Waals surface area contributed by atoms with Crippen molar-refractivity contribution in [1.29, 1.82) is 0 Å². The van der Waals surface area contributed by atoms with E-state index in [0.29, 0.717) is 38.3 Å². The van der Waals surface area contributed by atoms with Gasteiger partial charge in [-0.25, -0.2) is 0 Å². The van der Waals surface area contributed by atoms with Crippen LogP contribution < -0.4 is 19.9 Å². The van der Waals surface area contributed by atoms with E-state index in [1.807, 2.05) is 70.6 Å². The van der Waals surface area contributed by atoms with Crippen molar-refractivity contribution in [2.45, 2.75) is 65.8 Å². The lowest BCUT2D eigenvalue weighted by molar-refractivity contribution is -0.140. The molecule has 8 nitrogen and oxygen atoms in total. The number of amides is 2. The van der Waals surface area contributed by atoms with Crippen LogP contribution in [0.2, 0.25) is 0 Å². The van der Waals surface area contributed by atoms with Gasteiger partial charge in [0.05, 0.1) is 18.0 Å². The number of hydrogen-bond acceptors (Lipinski definition) is 6. The van der Waals surface area contributed by atoms with E-state index in [1.165, 1.54) is 11.1 Å². The van der Waals surface area contributed by atoms with E-state index >= 15 is 0 Å². The Labute approximate surface area is 244 Å². The number of nitrogens with zero attached hydrogens (tertiary/aromatic N) is 4. The molecule has 0 saturated carbocycles. The molecule has 0 fully saturated rings. The lowest BCUT2D eigenvalue weighted by Crippen LogP contribution is -2.51. The van der Waals surface area contributed by atoms with E-state index < -0.39 is 5.41 Å². The normalized spacial score (nSPS) is 15.4. The molecular formula is C33H43N5O3. The number of fused-ring (bicyclic) bond motifs is 1. The Balaban J connectivity index is 1.41. The highest BCUT2D eigenvalue weighted by molar-refractivity contribution is 6.20. The van der Waals surface area contributed by atoms with Crippen LogP contribution >= 0.6 is 0 Å². The Hall–Kier alpha value is -3.78. The number of ether oxygens (including phenoxy) is 1. The molecule has 3 aromatic rings. The van der Waals surface area contributed by atoms with Crippen molar-refractivity contribution in [3.8, 4) is 5.75 Å². The number of pyridine rings is 2. The van der Waals surface area contributed by atoms with Gasteiger partial charge in [0.1, 0.15) is 11.2 Å². The van der Waals surface area contributed by atoms with Gasteiger partial charge in [-0.2, -0.15) is 0 Å². The second kappa shape index (κ2) is 14.2. The Morgan fingerprint density at radius 1 is 0.878 bits per heavy atom. The van der Waals surface area contributed by atoms with Crippen molar-refractivity contribution >= 4 is 23.2 Å². The van der Waals surface area contributed by atoms with E-state index in [2.05, 4.69) is 33.5 Å². The maximum absolute atomic E-state index is 13.8. The van der Waals surface area contributed by atoms with Crippen LogP contribution in [-0.4, -0.2) is 48.0 Å². The number of anilines is 2. The van der Waals surface area contributed by atoms with Gasteiger partial charge < -0.3 is 19.9 Å². The molecule has 8 heteroatoms. The van der Waals surface area contributed by atoms with Gasteiger partial charge in [0.2, 0.25) is 11.8 Å². The van der Waals surface area contributed by atoms with Gasteiger partial charge in [0.15, 0.2) is 0 Å². The molecule has 0 bridgehead atoms. The van der Waals surface area contributed by atoms with Crippen LogP contribution in [0.3, 0.4) is 0 Å². The number of rotatable bonds is 14. The predicted octanol–water partition coefficient (Wildman–Crippen LogP) is 5.74. The van der Waals surface area contributed by atoms with Gasteiger partial charge in [-0.1, -0.05) is 19.9 Å². The molecule has 0 radical (unpaired) electrons. The summed E-state index contributed by atoms with van der Waals surface area (Å²) in [5.74, 6) is 0.461. The quantitative estimate of drug-likeness (QED) is 0.201. The minimum absolute atomic E-state index is 0.112. The largest absolute Gasteiger partial charge is 0.493 e. The van der Waals surface area contributed by atoms with Crippen molar-refractivity contribution < 1.29 is 14.3 Å². The number of benzene rings is 1. The van der Waals surface area contributed by atoms with Crippen LogP contribution in [0.25, 0.3) is 0 Å². The van der Waals surface area contributed by atoms with E-state index in [0.717, 1.165) is 37.2 Å². The lowest BCUT2D eigenvalue weighted by atomic mass is 9.79. The summed E-state index contributed by atoms with van der Waals surface area (Å²) < 4.78 is 6.16. The molecule has 0 aliphatic carbocycles. The van der Waals surface area contributed by atoms with Crippen LogP contribution in [0.5, 0.6) is 5.75 Å². The minimum Gasteiger partial charge on any atom is -0.493 e. The first-order valence-corrected chi connectivity index (χ1v) is 14.9. The molecule has 4 rings (SSSR count). The summed E-state index contributed by atoms with van der Waals surface area (Å²) in [6.45, 7) is 10.1. The number of aromatic nitrogens is 2. The Morgan fingerprint density at radius 3 is 2.22 bits per heavy atom. The topological polar surface area (TPSA) is 87.7 Å². The zero-order valence-corrected chi connectivity index (χ0v) is 24.8. The lowest BCUT2D eigenvalue weighted by Gasteiger charge is -2.33. The molecule has 2 aromatic heterocycles. The van der Waals surface area contributed by atoms with Crippen molar-refractivity contribution in [2.24, 2.45) is 5.41 Å². The summed E-state index contributed by atoms with van der Waals surface area (Å²) in [4.78, 5) is 39.3. The third-order valence-electron chi connectivity index (χ3n) is 8.21. The molecule has 1 aliphatic heterocycles. The molecule has 1 aliphatic rings. The molecule has 1 atom stereocenters. The van der Waals surface area contributed by atoms with E-state index in [9.17, 15) is 9.59 Å². The first-order valence-electron chi connectivity index (χ1n) is 14.9. The van der Waals surface area contributed by atoms with E-state index in [1.54, 1.807) is 16.0 Å². The molecule has 1 unspecified atom stereocenters. The maximum Gasteiger partial charge on any atom is 0.242 e. The monoisotopic (exact) mass is 557 g/mol. The molecule has 41 heavy (non-hydrogen) atoms. The number of carbonyl (C=O) groups is 2. The Bertz CT molecular complexity index is 1280. The van der Waals surface area contributed by atoms with E-state index in [4.69, 9.17) is 4.74 Å².